The van der Waals surface area contributed by atoms with Crippen molar-refractivity contribution >= 4 is 11.6 Å². The van der Waals surface area contributed by atoms with E-state index in [1.54, 1.807) is 0 Å². The molecule has 0 aliphatic carbocycles. The summed E-state index contributed by atoms with van der Waals surface area (Å²) in [6.45, 7) is -0.143. The van der Waals surface area contributed by atoms with Crippen molar-refractivity contribution in [2.75, 3.05) is 19.0 Å². The molecule has 0 radical (unpaired) electrons. The lowest BCUT2D eigenvalue weighted by Crippen LogP contribution is -2.69. The zero-order valence-corrected chi connectivity index (χ0v) is 9.19. The Balaban J connectivity index is 2.71. The molecular weight excluding hydrogens is 222 g/mol. The Morgan fingerprint density at radius 3 is 2.53 bits per heavy atom. The van der Waals surface area contributed by atoms with E-state index in [0.29, 0.717) is 18.7 Å². The molecule has 1 heterocycles. The minimum atomic E-state index is -1.23. The van der Waals surface area contributed by atoms with E-state index in [1.807, 2.05) is 0 Å². The maximum Gasteiger partial charge on any atom is 0.109 e. The predicted octanol–water partition coefficient (Wildman–Crippen LogP) is -1.58. The van der Waals surface area contributed by atoms with Gasteiger partial charge in [-0.3, -0.25) is 0 Å². The molecule has 1 fully saturated rings. The van der Waals surface area contributed by atoms with Gasteiger partial charge in [-0.1, -0.05) is 0 Å². The quantitative estimate of drug-likeness (QED) is 0.382. The Labute approximate surface area is 93.7 Å². The summed E-state index contributed by atoms with van der Waals surface area (Å²) in [5.74, 6) is 0.425. The topological polar surface area (TPSA) is 93.0 Å². The number of piperidine rings is 1. The van der Waals surface area contributed by atoms with Gasteiger partial charge in [0.05, 0.1) is 18.2 Å². The highest BCUT2D eigenvalue weighted by atomic mass is 35.5. The molecule has 0 aromatic heterocycles. The first-order valence-electron chi connectivity index (χ1n) is 5.03. The summed E-state index contributed by atoms with van der Waals surface area (Å²) in [7, 11) is 0. The van der Waals surface area contributed by atoms with Crippen molar-refractivity contribution < 1.29 is 20.4 Å². The second-order valence-corrected chi connectivity index (χ2v) is 4.37. The zero-order chi connectivity index (χ0) is 11.5. The van der Waals surface area contributed by atoms with E-state index in [4.69, 9.17) is 11.6 Å². The summed E-state index contributed by atoms with van der Waals surface area (Å²) >= 11 is 5.55. The molecule has 5 N–H and O–H groups in total. The standard InChI is InChI=1S/C9H18ClNO4/c10-3-1-2-9(5-12)8(15)7(14)6(13)4-11-9/h6-8,11-15H,1-5H2/t6-,7+,8-,9+/m0/s1. The first-order chi connectivity index (χ1) is 7.07. The number of aliphatic hydroxyl groups excluding tert-OH is 4. The SMILES string of the molecule is OC[C@@]1(CCCCl)NC[C@H](O)[C@@H](O)[C@@H]1O. The van der Waals surface area contributed by atoms with Gasteiger partial charge in [0, 0.05) is 12.4 Å². The van der Waals surface area contributed by atoms with E-state index in [2.05, 4.69) is 5.32 Å². The van der Waals surface area contributed by atoms with Gasteiger partial charge in [0.1, 0.15) is 12.2 Å². The van der Waals surface area contributed by atoms with Crippen molar-refractivity contribution in [1.82, 2.24) is 5.32 Å². The van der Waals surface area contributed by atoms with E-state index in [-0.39, 0.29) is 13.2 Å². The van der Waals surface area contributed by atoms with Crippen LogP contribution in [-0.2, 0) is 0 Å². The maximum absolute atomic E-state index is 9.81. The highest BCUT2D eigenvalue weighted by Gasteiger charge is 2.46. The summed E-state index contributed by atoms with van der Waals surface area (Å²) in [5.41, 5.74) is -0.951. The number of halogens is 1. The first kappa shape index (κ1) is 13.2. The van der Waals surface area contributed by atoms with Gasteiger partial charge in [-0.05, 0) is 12.8 Å². The molecule has 1 rings (SSSR count). The third kappa shape index (κ3) is 2.61. The van der Waals surface area contributed by atoms with Crippen LogP contribution in [-0.4, -0.2) is 63.3 Å². The Morgan fingerprint density at radius 2 is 2.00 bits per heavy atom. The van der Waals surface area contributed by atoms with Crippen LogP contribution >= 0.6 is 11.6 Å². The van der Waals surface area contributed by atoms with Crippen LogP contribution < -0.4 is 5.32 Å². The van der Waals surface area contributed by atoms with E-state index in [1.165, 1.54) is 0 Å². The lowest BCUT2D eigenvalue weighted by atomic mass is 9.80. The molecule has 0 bridgehead atoms. The number of nitrogens with one attached hydrogen (secondary N) is 1. The Hall–Kier alpha value is 0.0900. The van der Waals surface area contributed by atoms with E-state index >= 15 is 0 Å². The average Bonchev–Trinajstić information content (AvgIpc) is 2.26. The second kappa shape index (κ2) is 5.43. The molecule has 0 spiro atoms. The second-order valence-electron chi connectivity index (χ2n) is 3.99. The largest absolute Gasteiger partial charge is 0.394 e. The molecule has 1 saturated heterocycles. The molecule has 90 valence electrons. The van der Waals surface area contributed by atoms with Crippen LogP contribution in [0.4, 0.5) is 0 Å². The monoisotopic (exact) mass is 239 g/mol. The van der Waals surface area contributed by atoms with E-state index in [9.17, 15) is 20.4 Å². The van der Waals surface area contributed by atoms with Gasteiger partial charge in [-0.15, -0.1) is 11.6 Å². The smallest absolute Gasteiger partial charge is 0.109 e. The van der Waals surface area contributed by atoms with E-state index in [0.717, 1.165) is 0 Å². The lowest BCUT2D eigenvalue weighted by molar-refractivity contribution is -0.135. The molecule has 0 amide bonds. The van der Waals surface area contributed by atoms with Crippen molar-refractivity contribution in [3.8, 4) is 0 Å². The number of aliphatic hydroxyl groups is 4. The third-order valence-corrected chi connectivity index (χ3v) is 3.25. The predicted molar refractivity (Wildman–Crippen MR) is 55.8 cm³/mol. The number of hydrogen-bond donors (Lipinski definition) is 5. The molecule has 1 aliphatic rings. The van der Waals surface area contributed by atoms with Crippen LogP contribution in [0.2, 0.25) is 0 Å². The molecule has 1 aliphatic heterocycles. The van der Waals surface area contributed by atoms with Crippen molar-refractivity contribution in [2.24, 2.45) is 0 Å². The summed E-state index contributed by atoms with van der Waals surface area (Å²) in [5, 5.41) is 40.8. The fourth-order valence-electron chi connectivity index (χ4n) is 1.92. The van der Waals surface area contributed by atoms with Gasteiger partial charge in [0.2, 0.25) is 0 Å². The van der Waals surface area contributed by atoms with Gasteiger partial charge < -0.3 is 25.7 Å². The first-order valence-corrected chi connectivity index (χ1v) is 5.57. The van der Waals surface area contributed by atoms with Gasteiger partial charge in [-0.2, -0.15) is 0 Å². The van der Waals surface area contributed by atoms with Crippen LogP contribution in [0.5, 0.6) is 0 Å². The normalized spacial score (nSPS) is 41.8. The average molecular weight is 240 g/mol. The van der Waals surface area contributed by atoms with Crippen LogP contribution in [0, 0.1) is 0 Å². The van der Waals surface area contributed by atoms with Gasteiger partial charge >= 0.3 is 0 Å². The maximum atomic E-state index is 9.81. The highest BCUT2D eigenvalue weighted by molar-refractivity contribution is 6.17. The Morgan fingerprint density at radius 1 is 1.33 bits per heavy atom. The summed E-state index contributed by atoms with van der Waals surface area (Å²) in [6.07, 6.45) is -2.34. The zero-order valence-electron chi connectivity index (χ0n) is 8.43. The van der Waals surface area contributed by atoms with Crippen LogP contribution in [0.1, 0.15) is 12.8 Å². The molecule has 6 heteroatoms. The fourth-order valence-corrected chi connectivity index (χ4v) is 2.05. The van der Waals surface area contributed by atoms with Crippen LogP contribution in [0.15, 0.2) is 0 Å². The van der Waals surface area contributed by atoms with Crippen molar-refractivity contribution in [3.05, 3.63) is 0 Å². The van der Waals surface area contributed by atoms with Crippen molar-refractivity contribution in [1.29, 1.82) is 0 Å². The molecule has 5 nitrogen and oxygen atoms in total. The summed E-state index contributed by atoms with van der Waals surface area (Å²) in [6, 6.07) is 0. The number of alkyl halides is 1. The number of β-amino-alcohol motifs (C(OH)–C–C–N with tert-alkyl or cyclic N) is 1. The van der Waals surface area contributed by atoms with E-state index < -0.39 is 23.9 Å². The van der Waals surface area contributed by atoms with Crippen LogP contribution in [0.3, 0.4) is 0 Å². The number of rotatable bonds is 4. The molecule has 0 aromatic rings. The number of hydrogen-bond acceptors (Lipinski definition) is 5. The molecule has 0 saturated carbocycles. The summed E-state index contributed by atoms with van der Waals surface area (Å²) in [4.78, 5) is 0. The Bertz CT molecular complexity index is 203. The molecule has 0 unspecified atom stereocenters. The minimum Gasteiger partial charge on any atom is -0.394 e. The van der Waals surface area contributed by atoms with Gasteiger partial charge in [0.15, 0.2) is 0 Å². The molecular formula is C9H18ClNO4. The van der Waals surface area contributed by atoms with Crippen molar-refractivity contribution in [3.63, 3.8) is 0 Å². The van der Waals surface area contributed by atoms with Gasteiger partial charge in [0.25, 0.3) is 0 Å². The molecule has 15 heavy (non-hydrogen) atoms. The van der Waals surface area contributed by atoms with Gasteiger partial charge in [-0.25, -0.2) is 0 Å². The Kier molecular flexibility index (Phi) is 4.76. The fraction of sp³-hybridized carbons (Fsp3) is 1.00. The molecule has 4 atom stereocenters. The van der Waals surface area contributed by atoms with Crippen molar-refractivity contribution in [2.45, 2.75) is 36.7 Å². The molecule has 0 aromatic carbocycles. The minimum absolute atomic E-state index is 0.154. The summed E-state index contributed by atoms with van der Waals surface area (Å²) < 4.78 is 0. The third-order valence-electron chi connectivity index (χ3n) is 2.99. The van der Waals surface area contributed by atoms with Crippen LogP contribution in [0.25, 0.3) is 0 Å². The highest BCUT2D eigenvalue weighted by Crippen LogP contribution is 2.25. The lowest BCUT2D eigenvalue weighted by Gasteiger charge is -2.45.